The van der Waals surface area contributed by atoms with Crippen molar-refractivity contribution in [2.24, 2.45) is 0 Å². The van der Waals surface area contributed by atoms with Crippen LogP contribution in [-0.2, 0) is 18.0 Å². The van der Waals surface area contributed by atoms with Crippen LogP contribution in [0.1, 0.15) is 29.7 Å². The molecule has 3 N–H and O–H groups in total. The van der Waals surface area contributed by atoms with Crippen LogP contribution in [-0.4, -0.2) is 22.7 Å². The van der Waals surface area contributed by atoms with Gasteiger partial charge in [0.05, 0.1) is 19.3 Å². The average molecular weight is 333 g/mol. The Morgan fingerprint density at radius 1 is 1.17 bits per heavy atom. The molecular weight excluding hydrogens is 313 g/mol. The first-order chi connectivity index (χ1) is 11.5. The van der Waals surface area contributed by atoms with Gasteiger partial charge in [-0.1, -0.05) is 30.3 Å². The highest BCUT2D eigenvalue weighted by atomic mass is 19.1. The SMILES string of the molecule is CC(NC(=O)COc1c(CO)cc(F)cc1CO)c1ccccc1. The van der Waals surface area contributed by atoms with Crippen LogP contribution < -0.4 is 10.1 Å². The highest BCUT2D eigenvalue weighted by Gasteiger charge is 2.15. The zero-order valence-electron chi connectivity index (χ0n) is 13.3. The van der Waals surface area contributed by atoms with E-state index >= 15 is 0 Å². The Balaban J connectivity index is 2.01. The molecule has 0 fully saturated rings. The zero-order chi connectivity index (χ0) is 17.5. The number of ether oxygens (including phenoxy) is 1. The van der Waals surface area contributed by atoms with Gasteiger partial charge in [-0.15, -0.1) is 0 Å². The van der Waals surface area contributed by atoms with Gasteiger partial charge in [0.15, 0.2) is 6.61 Å². The Morgan fingerprint density at radius 2 is 1.75 bits per heavy atom. The van der Waals surface area contributed by atoms with Gasteiger partial charge >= 0.3 is 0 Å². The minimum atomic E-state index is -0.586. The molecule has 24 heavy (non-hydrogen) atoms. The minimum Gasteiger partial charge on any atom is -0.483 e. The summed E-state index contributed by atoms with van der Waals surface area (Å²) in [4.78, 5) is 12.0. The lowest BCUT2D eigenvalue weighted by Gasteiger charge is -2.17. The molecule has 0 heterocycles. The number of nitrogens with one attached hydrogen (secondary N) is 1. The number of carbonyl (C=O) groups is 1. The summed E-state index contributed by atoms with van der Waals surface area (Å²) < 4.78 is 18.8. The number of aliphatic hydroxyl groups excluding tert-OH is 2. The molecule has 2 rings (SSSR count). The number of aliphatic hydroxyl groups is 2. The average Bonchev–Trinajstić information content (AvgIpc) is 2.60. The molecule has 2 aromatic carbocycles. The summed E-state index contributed by atoms with van der Waals surface area (Å²) in [6.07, 6.45) is 0. The van der Waals surface area contributed by atoms with Crippen molar-refractivity contribution >= 4 is 5.91 Å². The molecule has 1 atom stereocenters. The predicted molar refractivity (Wildman–Crippen MR) is 86.7 cm³/mol. The van der Waals surface area contributed by atoms with Crippen molar-refractivity contribution in [2.45, 2.75) is 26.2 Å². The van der Waals surface area contributed by atoms with Crippen LogP contribution in [0.5, 0.6) is 5.75 Å². The van der Waals surface area contributed by atoms with E-state index in [4.69, 9.17) is 4.74 Å². The lowest BCUT2D eigenvalue weighted by Crippen LogP contribution is -2.31. The normalized spacial score (nSPS) is 11.8. The molecular formula is C18H20FNO4. The van der Waals surface area contributed by atoms with Crippen molar-refractivity contribution in [3.8, 4) is 5.75 Å². The van der Waals surface area contributed by atoms with E-state index in [0.717, 1.165) is 17.7 Å². The smallest absolute Gasteiger partial charge is 0.258 e. The third-order valence-corrected chi connectivity index (χ3v) is 3.57. The Morgan fingerprint density at radius 3 is 2.29 bits per heavy atom. The van der Waals surface area contributed by atoms with E-state index in [0.29, 0.717) is 0 Å². The number of halogens is 1. The summed E-state index contributed by atoms with van der Waals surface area (Å²) in [6.45, 7) is 0.635. The van der Waals surface area contributed by atoms with Gasteiger partial charge in [0, 0.05) is 11.1 Å². The highest BCUT2D eigenvalue weighted by Crippen LogP contribution is 2.26. The monoisotopic (exact) mass is 333 g/mol. The Labute approximate surface area is 139 Å². The maximum atomic E-state index is 13.4. The second kappa shape index (κ2) is 8.42. The summed E-state index contributed by atoms with van der Waals surface area (Å²) in [5, 5.41) is 21.4. The Bertz CT molecular complexity index is 666. The number of hydrogen-bond donors (Lipinski definition) is 3. The molecule has 0 aliphatic carbocycles. The largest absolute Gasteiger partial charge is 0.483 e. The molecule has 0 aromatic heterocycles. The van der Waals surface area contributed by atoms with Crippen LogP contribution in [0.4, 0.5) is 4.39 Å². The number of hydrogen-bond acceptors (Lipinski definition) is 4. The van der Waals surface area contributed by atoms with E-state index in [1.165, 1.54) is 0 Å². The van der Waals surface area contributed by atoms with Gasteiger partial charge in [-0.25, -0.2) is 4.39 Å². The number of carbonyl (C=O) groups excluding carboxylic acids is 1. The topological polar surface area (TPSA) is 78.8 Å². The second-order valence-corrected chi connectivity index (χ2v) is 5.36. The Hall–Kier alpha value is -2.44. The first-order valence-corrected chi connectivity index (χ1v) is 7.55. The number of benzene rings is 2. The van der Waals surface area contributed by atoms with Crippen LogP contribution in [0.2, 0.25) is 0 Å². The molecule has 6 heteroatoms. The predicted octanol–water partition coefficient (Wildman–Crippen LogP) is 2.07. The van der Waals surface area contributed by atoms with Gasteiger partial charge in [0.25, 0.3) is 5.91 Å². The van der Waals surface area contributed by atoms with Crippen LogP contribution in [0.15, 0.2) is 42.5 Å². The molecule has 1 unspecified atom stereocenters. The molecule has 0 spiro atoms. The van der Waals surface area contributed by atoms with E-state index in [2.05, 4.69) is 5.32 Å². The lowest BCUT2D eigenvalue weighted by atomic mass is 10.1. The molecule has 5 nitrogen and oxygen atoms in total. The first kappa shape index (κ1) is 17.9. The Kier molecular flexibility index (Phi) is 6.28. The van der Waals surface area contributed by atoms with Crippen molar-refractivity contribution in [1.82, 2.24) is 5.32 Å². The quantitative estimate of drug-likeness (QED) is 0.725. The van der Waals surface area contributed by atoms with Crippen molar-refractivity contribution < 1.29 is 24.1 Å². The van der Waals surface area contributed by atoms with Gasteiger partial charge in [0.2, 0.25) is 0 Å². The first-order valence-electron chi connectivity index (χ1n) is 7.55. The maximum absolute atomic E-state index is 13.4. The van der Waals surface area contributed by atoms with E-state index in [9.17, 15) is 19.4 Å². The van der Waals surface area contributed by atoms with Gasteiger partial charge in [-0.2, -0.15) is 0 Å². The van der Waals surface area contributed by atoms with E-state index < -0.39 is 19.0 Å². The summed E-state index contributed by atoms with van der Waals surface area (Å²) >= 11 is 0. The van der Waals surface area contributed by atoms with Crippen LogP contribution in [0.3, 0.4) is 0 Å². The number of rotatable bonds is 7. The summed E-state index contributed by atoms with van der Waals surface area (Å²) in [5.41, 5.74) is 1.32. The van der Waals surface area contributed by atoms with Crippen LogP contribution >= 0.6 is 0 Å². The van der Waals surface area contributed by atoms with Gasteiger partial charge in [-0.3, -0.25) is 4.79 Å². The second-order valence-electron chi connectivity index (χ2n) is 5.36. The summed E-state index contributed by atoms with van der Waals surface area (Å²) in [6, 6.07) is 11.5. The molecule has 0 aliphatic heterocycles. The molecule has 0 saturated heterocycles. The fraction of sp³-hybridized carbons (Fsp3) is 0.278. The molecule has 0 aliphatic rings. The zero-order valence-corrected chi connectivity index (χ0v) is 13.3. The van der Waals surface area contributed by atoms with E-state index in [-0.39, 0.29) is 35.4 Å². The molecule has 0 saturated carbocycles. The van der Waals surface area contributed by atoms with Crippen molar-refractivity contribution in [3.63, 3.8) is 0 Å². The molecule has 1 amide bonds. The fourth-order valence-corrected chi connectivity index (χ4v) is 2.38. The van der Waals surface area contributed by atoms with Crippen molar-refractivity contribution in [1.29, 1.82) is 0 Å². The van der Waals surface area contributed by atoms with Gasteiger partial charge in [-0.05, 0) is 24.6 Å². The summed E-state index contributed by atoms with van der Waals surface area (Å²) in [5.74, 6) is -0.815. The summed E-state index contributed by atoms with van der Waals surface area (Å²) in [7, 11) is 0. The fourth-order valence-electron chi connectivity index (χ4n) is 2.38. The van der Waals surface area contributed by atoms with E-state index in [1.54, 1.807) is 0 Å². The van der Waals surface area contributed by atoms with Gasteiger partial charge < -0.3 is 20.3 Å². The molecule has 0 bridgehead atoms. The van der Waals surface area contributed by atoms with Crippen LogP contribution in [0.25, 0.3) is 0 Å². The number of amides is 1. The standard InChI is InChI=1S/C18H20FNO4/c1-12(13-5-3-2-4-6-13)20-17(23)11-24-18-14(9-21)7-16(19)8-15(18)10-22/h2-8,12,21-22H,9-11H2,1H3,(H,20,23). The van der Waals surface area contributed by atoms with Crippen LogP contribution in [0, 0.1) is 5.82 Å². The van der Waals surface area contributed by atoms with Crippen molar-refractivity contribution in [3.05, 3.63) is 65.0 Å². The third kappa shape index (κ3) is 4.53. The molecule has 0 radical (unpaired) electrons. The molecule has 128 valence electrons. The minimum absolute atomic E-state index is 0.129. The lowest BCUT2D eigenvalue weighted by molar-refractivity contribution is -0.123. The molecule has 2 aromatic rings. The van der Waals surface area contributed by atoms with Gasteiger partial charge in [0.1, 0.15) is 11.6 Å². The highest BCUT2D eigenvalue weighted by molar-refractivity contribution is 5.78. The third-order valence-electron chi connectivity index (χ3n) is 3.57. The van der Waals surface area contributed by atoms with E-state index in [1.807, 2.05) is 37.3 Å². The van der Waals surface area contributed by atoms with Crippen molar-refractivity contribution in [2.75, 3.05) is 6.61 Å². The maximum Gasteiger partial charge on any atom is 0.258 e.